The average Bonchev–Trinajstić information content (AvgIpc) is 2.97. The lowest BCUT2D eigenvalue weighted by Gasteiger charge is -2.38. The molecule has 6 nitrogen and oxygen atoms in total. The number of aryl methyl sites for hydroxylation is 1. The summed E-state index contributed by atoms with van der Waals surface area (Å²) < 4.78 is 66.5. The highest BCUT2D eigenvalue weighted by atomic mass is 32.2. The predicted molar refractivity (Wildman–Crippen MR) is 104 cm³/mol. The van der Waals surface area contributed by atoms with Crippen molar-refractivity contribution in [2.24, 2.45) is 5.92 Å². The SMILES string of the molecule is Cc1cn(S(=O)(=O)c2cccc(N3CC(C(=O)O)C3)c2)c2ccc(C(F)(F)F)cc12. The smallest absolute Gasteiger partial charge is 0.416 e. The van der Waals surface area contributed by atoms with Gasteiger partial charge in [0.2, 0.25) is 0 Å². The van der Waals surface area contributed by atoms with E-state index >= 15 is 0 Å². The third-order valence-corrected chi connectivity index (χ3v) is 6.94. The second-order valence-electron chi connectivity index (χ2n) is 7.28. The van der Waals surface area contributed by atoms with E-state index in [2.05, 4.69) is 0 Å². The van der Waals surface area contributed by atoms with Crippen molar-refractivity contribution >= 4 is 32.6 Å². The number of aliphatic carboxylic acids is 1. The van der Waals surface area contributed by atoms with Crippen LogP contribution < -0.4 is 4.90 Å². The number of aromatic nitrogens is 1. The van der Waals surface area contributed by atoms with Crippen LogP contribution in [-0.4, -0.2) is 36.6 Å². The molecule has 1 aromatic heterocycles. The summed E-state index contributed by atoms with van der Waals surface area (Å²) in [6.45, 7) is 2.12. The fourth-order valence-electron chi connectivity index (χ4n) is 3.53. The summed E-state index contributed by atoms with van der Waals surface area (Å²) in [7, 11) is -4.07. The average molecular weight is 438 g/mol. The summed E-state index contributed by atoms with van der Waals surface area (Å²) in [6, 6.07) is 9.04. The van der Waals surface area contributed by atoms with Crippen molar-refractivity contribution in [1.29, 1.82) is 0 Å². The number of fused-ring (bicyclic) bond motifs is 1. The van der Waals surface area contributed by atoms with Gasteiger partial charge in [-0.05, 0) is 48.9 Å². The Hall–Kier alpha value is -3.01. The van der Waals surface area contributed by atoms with Crippen LogP contribution in [0, 0.1) is 12.8 Å². The van der Waals surface area contributed by atoms with E-state index in [1.54, 1.807) is 24.0 Å². The van der Waals surface area contributed by atoms with Crippen molar-refractivity contribution in [1.82, 2.24) is 3.97 Å². The molecular weight excluding hydrogens is 421 g/mol. The van der Waals surface area contributed by atoms with Crippen molar-refractivity contribution in [3.05, 3.63) is 59.8 Å². The highest BCUT2D eigenvalue weighted by Gasteiger charge is 2.34. The molecule has 1 aliphatic rings. The van der Waals surface area contributed by atoms with Crippen LogP contribution in [-0.2, 0) is 21.0 Å². The maximum Gasteiger partial charge on any atom is 0.416 e. The van der Waals surface area contributed by atoms with E-state index in [-0.39, 0.29) is 28.9 Å². The van der Waals surface area contributed by atoms with Gasteiger partial charge in [-0.25, -0.2) is 12.4 Å². The van der Waals surface area contributed by atoms with Gasteiger partial charge < -0.3 is 10.0 Å². The summed E-state index contributed by atoms with van der Waals surface area (Å²) in [5, 5.41) is 9.21. The molecule has 0 amide bonds. The van der Waals surface area contributed by atoms with Crippen LogP contribution in [0.3, 0.4) is 0 Å². The first-order chi connectivity index (χ1) is 14.0. The number of nitrogens with zero attached hydrogens (tertiary/aromatic N) is 2. The van der Waals surface area contributed by atoms with Gasteiger partial charge in [0.1, 0.15) is 0 Å². The van der Waals surface area contributed by atoms with Crippen LogP contribution in [0.2, 0.25) is 0 Å². The van der Waals surface area contributed by atoms with Crippen LogP contribution >= 0.6 is 0 Å². The number of hydrogen-bond acceptors (Lipinski definition) is 4. The van der Waals surface area contributed by atoms with Gasteiger partial charge in [0.05, 0.1) is 21.9 Å². The van der Waals surface area contributed by atoms with E-state index in [0.29, 0.717) is 11.3 Å². The van der Waals surface area contributed by atoms with E-state index in [4.69, 9.17) is 5.11 Å². The number of carbonyl (C=O) groups is 1. The van der Waals surface area contributed by atoms with E-state index in [9.17, 15) is 26.4 Å². The molecule has 1 aliphatic heterocycles. The molecule has 4 rings (SSSR count). The molecule has 1 fully saturated rings. The summed E-state index contributed by atoms with van der Waals surface area (Å²) in [6.07, 6.45) is -3.22. The number of alkyl halides is 3. The topological polar surface area (TPSA) is 79.6 Å². The van der Waals surface area contributed by atoms with Crippen molar-refractivity contribution < 1.29 is 31.5 Å². The normalized spacial score (nSPS) is 15.4. The van der Waals surface area contributed by atoms with Crippen LogP contribution in [0.25, 0.3) is 10.9 Å². The number of rotatable bonds is 4. The molecule has 0 atom stereocenters. The zero-order valence-corrected chi connectivity index (χ0v) is 16.5. The molecule has 0 bridgehead atoms. The zero-order valence-electron chi connectivity index (χ0n) is 15.7. The lowest BCUT2D eigenvalue weighted by Crippen LogP contribution is -2.50. The Kier molecular flexibility index (Phi) is 4.57. The molecule has 2 heterocycles. The monoisotopic (exact) mass is 438 g/mol. The lowest BCUT2D eigenvalue weighted by atomic mass is 10.00. The van der Waals surface area contributed by atoms with Crippen LogP contribution in [0.15, 0.2) is 53.6 Å². The third kappa shape index (κ3) is 3.30. The second-order valence-corrected chi connectivity index (χ2v) is 9.10. The fourth-order valence-corrected chi connectivity index (χ4v) is 5.00. The Bertz CT molecular complexity index is 1260. The second kappa shape index (κ2) is 6.76. The van der Waals surface area contributed by atoms with Gasteiger partial charge in [-0.2, -0.15) is 13.2 Å². The molecule has 158 valence electrons. The maximum absolute atomic E-state index is 13.2. The first-order valence-corrected chi connectivity index (χ1v) is 10.4. The molecule has 1 N–H and O–H groups in total. The maximum atomic E-state index is 13.2. The van der Waals surface area contributed by atoms with Crippen molar-refractivity contribution in [3.8, 4) is 0 Å². The summed E-state index contributed by atoms with van der Waals surface area (Å²) >= 11 is 0. The fraction of sp³-hybridized carbons (Fsp3) is 0.250. The third-order valence-electron chi connectivity index (χ3n) is 5.27. The number of anilines is 1. The number of benzene rings is 2. The Morgan fingerprint density at radius 3 is 2.47 bits per heavy atom. The molecule has 0 aliphatic carbocycles. The molecule has 0 spiro atoms. The van der Waals surface area contributed by atoms with Gasteiger partial charge in [0.25, 0.3) is 10.0 Å². The van der Waals surface area contributed by atoms with Gasteiger partial charge in [0.15, 0.2) is 0 Å². The van der Waals surface area contributed by atoms with Gasteiger partial charge in [-0.3, -0.25) is 4.79 Å². The van der Waals surface area contributed by atoms with Crippen LogP contribution in [0.5, 0.6) is 0 Å². The predicted octanol–water partition coefficient (Wildman–Crippen LogP) is 3.73. The van der Waals surface area contributed by atoms with Gasteiger partial charge in [-0.1, -0.05) is 6.07 Å². The summed E-state index contributed by atoms with van der Waals surface area (Å²) in [4.78, 5) is 12.7. The highest BCUT2D eigenvalue weighted by molar-refractivity contribution is 7.90. The molecule has 0 saturated carbocycles. The molecule has 30 heavy (non-hydrogen) atoms. The molecule has 10 heteroatoms. The van der Waals surface area contributed by atoms with Gasteiger partial charge in [-0.15, -0.1) is 0 Å². The van der Waals surface area contributed by atoms with Crippen molar-refractivity contribution in [2.45, 2.75) is 18.0 Å². The first kappa shape index (κ1) is 20.3. The Morgan fingerprint density at radius 2 is 1.83 bits per heavy atom. The molecule has 3 aromatic rings. The summed E-state index contributed by atoms with van der Waals surface area (Å²) in [5.41, 5.74) is 0.283. The Morgan fingerprint density at radius 1 is 1.13 bits per heavy atom. The van der Waals surface area contributed by atoms with Crippen molar-refractivity contribution in [2.75, 3.05) is 18.0 Å². The molecule has 1 saturated heterocycles. The van der Waals surface area contributed by atoms with E-state index in [1.807, 2.05) is 0 Å². The van der Waals surface area contributed by atoms with Crippen LogP contribution in [0.4, 0.5) is 18.9 Å². The first-order valence-electron chi connectivity index (χ1n) is 9.01. The molecule has 2 aromatic carbocycles. The van der Waals surface area contributed by atoms with Crippen LogP contribution in [0.1, 0.15) is 11.1 Å². The molecule has 0 radical (unpaired) electrons. The van der Waals surface area contributed by atoms with Gasteiger partial charge in [0, 0.05) is 30.4 Å². The van der Waals surface area contributed by atoms with Crippen molar-refractivity contribution in [3.63, 3.8) is 0 Å². The standard InChI is InChI=1S/C20H17F3N2O4S/c1-12-9-25(18-6-5-14(7-17(12)18)20(21,22)23)30(28,29)16-4-2-3-15(8-16)24-10-13(11-24)19(26)27/h2-9,13H,10-11H2,1H3,(H,26,27). The number of hydrogen-bond donors (Lipinski definition) is 1. The highest BCUT2D eigenvalue weighted by Crippen LogP contribution is 2.34. The minimum absolute atomic E-state index is 0.0319. The molecular formula is C20H17F3N2O4S. The molecule has 0 unspecified atom stereocenters. The number of halogens is 3. The Balaban J connectivity index is 1.73. The number of carboxylic acids is 1. The van der Waals surface area contributed by atoms with Gasteiger partial charge >= 0.3 is 12.1 Å². The van der Waals surface area contributed by atoms with E-state index in [1.165, 1.54) is 18.3 Å². The Labute approximate surface area is 170 Å². The van der Waals surface area contributed by atoms with E-state index in [0.717, 1.165) is 22.2 Å². The largest absolute Gasteiger partial charge is 0.481 e. The minimum Gasteiger partial charge on any atom is -0.481 e. The zero-order chi connectivity index (χ0) is 21.8. The minimum atomic E-state index is -4.53. The lowest BCUT2D eigenvalue weighted by molar-refractivity contribution is -0.142. The number of carboxylic acid groups (broad SMARTS) is 1. The summed E-state index contributed by atoms with van der Waals surface area (Å²) in [5.74, 6) is -1.40. The quantitative estimate of drug-likeness (QED) is 0.672. The van der Waals surface area contributed by atoms with E-state index < -0.39 is 33.7 Å².